The zero-order chi connectivity index (χ0) is 59.8. The fourth-order valence-electron chi connectivity index (χ4n) is 8.39. The Balaban J connectivity index is 1.60. The van der Waals surface area contributed by atoms with Gasteiger partial charge in [0.05, 0.1) is 19.6 Å². The summed E-state index contributed by atoms with van der Waals surface area (Å²) in [5.74, 6) is -3.54. The summed E-state index contributed by atoms with van der Waals surface area (Å²) in [6.07, 6.45) is 0.820. The molecule has 5 rings (SSSR count). The van der Waals surface area contributed by atoms with E-state index in [1.165, 1.54) is 25.6 Å². The lowest BCUT2D eigenvalue weighted by Crippen LogP contribution is -2.57. The average Bonchev–Trinajstić information content (AvgIpc) is 3.39. The number of carbonyl (C=O) groups is 8. The van der Waals surface area contributed by atoms with Crippen LogP contribution in [0.3, 0.4) is 0 Å². The Morgan fingerprint density at radius 3 is 1.69 bits per heavy atom. The zero-order valence-corrected chi connectivity index (χ0v) is 48.6. The molecule has 8 amide bonds. The van der Waals surface area contributed by atoms with Gasteiger partial charge >= 0.3 is 18.3 Å². The Kier molecular flexibility index (Phi) is 22.1. The molecule has 438 valence electrons. The standard InChI is InChI=1S/C60H80N8O13/c1-13-14-15-37-16-19-39(20-17-37)40-21-23-41(24-22-40)52(71)67-46(35-64-57(76)81-60(9,10)11)54(73)68(12)49-42-25-27-48(78-31-29-63-56(75)80-59(6,7)8)44(34-42)43-32-38(33-45(50(61)69)66-51(70)36(2)65-53(49)72)18-26-47(43)77-30-28-62-55(74)79-58(3,4)5/h16-27,32,34,36,45-46,49H,13-15,28-31,33,35H2,1-12H3,(H2,61,69)(H,62,74)(H,63,75)(H,64,76)(H,65,72)(H,66,70)(H,67,71)/t36-,45-,46-,49-/m0/s1. The van der Waals surface area contributed by atoms with Crippen molar-refractivity contribution >= 4 is 47.8 Å². The van der Waals surface area contributed by atoms with Crippen molar-refractivity contribution in [2.24, 2.45) is 5.73 Å². The lowest BCUT2D eigenvalue weighted by molar-refractivity contribution is -0.141. The highest BCUT2D eigenvalue weighted by Crippen LogP contribution is 2.40. The van der Waals surface area contributed by atoms with Gasteiger partial charge in [0.1, 0.15) is 65.7 Å². The van der Waals surface area contributed by atoms with Crippen molar-refractivity contribution in [1.29, 1.82) is 0 Å². The van der Waals surface area contributed by atoms with E-state index in [0.717, 1.165) is 35.3 Å². The topological polar surface area (TPSA) is 284 Å². The van der Waals surface area contributed by atoms with Crippen LogP contribution in [0.15, 0.2) is 84.9 Å². The van der Waals surface area contributed by atoms with Crippen molar-refractivity contribution < 1.29 is 62.0 Å². The molecule has 1 aliphatic rings. The highest BCUT2D eigenvalue weighted by atomic mass is 16.6. The Hall–Kier alpha value is -8.36. The van der Waals surface area contributed by atoms with E-state index in [1.54, 1.807) is 117 Å². The average molecular weight is 1120 g/mol. The van der Waals surface area contributed by atoms with Gasteiger partial charge in [-0.1, -0.05) is 61.9 Å². The molecule has 4 atom stereocenters. The fraction of sp³-hybridized carbons (Fsp3) is 0.467. The monoisotopic (exact) mass is 1120 g/mol. The fourth-order valence-corrected chi connectivity index (χ4v) is 8.39. The van der Waals surface area contributed by atoms with Crippen molar-refractivity contribution in [3.05, 3.63) is 107 Å². The summed E-state index contributed by atoms with van der Waals surface area (Å²) in [7, 11) is 1.33. The second-order valence-corrected chi connectivity index (χ2v) is 22.7. The van der Waals surface area contributed by atoms with Crippen molar-refractivity contribution in [3.63, 3.8) is 0 Å². The summed E-state index contributed by atoms with van der Waals surface area (Å²) in [6.45, 7) is 18.3. The number of likely N-dealkylation sites (N-methyl/N-ethyl adjacent to an activating group) is 1. The number of nitrogens with two attached hydrogens (primary N) is 1. The molecule has 0 saturated heterocycles. The number of nitrogens with one attached hydrogen (secondary N) is 6. The summed E-state index contributed by atoms with van der Waals surface area (Å²) < 4.78 is 28.9. The predicted molar refractivity (Wildman–Crippen MR) is 305 cm³/mol. The van der Waals surface area contributed by atoms with Gasteiger partial charge < -0.3 is 66.2 Å². The van der Waals surface area contributed by atoms with Crippen LogP contribution in [0.1, 0.15) is 122 Å². The molecular formula is C60H80N8O13. The van der Waals surface area contributed by atoms with Crippen molar-refractivity contribution in [2.45, 2.75) is 143 Å². The maximum absolute atomic E-state index is 15.2. The molecule has 0 fully saturated rings. The highest BCUT2D eigenvalue weighted by molar-refractivity contribution is 6.00. The number of primary amides is 1. The molecule has 81 heavy (non-hydrogen) atoms. The summed E-state index contributed by atoms with van der Waals surface area (Å²) in [5.41, 5.74) is 7.97. The molecule has 4 aromatic rings. The number of ether oxygens (including phenoxy) is 5. The molecule has 21 nitrogen and oxygen atoms in total. The molecule has 0 unspecified atom stereocenters. The number of rotatable bonds is 19. The van der Waals surface area contributed by atoms with Gasteiger partial charge in [0.25, 0.3) is 5.91 Å². The minimum absolute atomic E-state index is 0.00243. The zero-order valence-electron chi connectivity index (χ0n) is 48.6. The largest absolute Gasteiger partial charge is 0.491 e. The molecule has 0 aromatic heterocycles. The highest BCUT2D eigenvalue weighted by Gasteiger charge is 2.37. The molecule has 0 spiro atoms. The first-order valence-corrected chi connectivity index (χ1v) is 27.1. The molecule has 0 aliphatic carbocycles. The molecule has 1 aliphatic heterocycles. The molecule has 8 N–H and O–H groups in total. The lowest BCUT2D eigenvalue weighted by Gasteiger charge is -2.33. The number of hydrogen-bond donors (Lipinski definition) is 7. The van der Waals surface area contributed by atoms with E-state index < -0.39 is 95.3 Å². The first-order valence-electron chi connectivity index (χ1n) is 27.1. The first kappa shape index (κ1) is 63.5. The van der Waals surface area contributed by atoms with Crippen LogP contribution in [0, 0.1) is 0 Å². The van der Waals surface area contributed by atoms with Gasteiger partial charge in [0.15, 0.2) is 0 Å². The van der Waals surface area contributed by atoms with Crippen LogP contribution in [0.5, 0.6) is 11.5 Å². The van der Waals surface area contributed by atoms with Crippen LogP contribution in [-0.2, 0) is 46.2 Å². The number of amides is 8. The quantitative estimate of drug-likeness (QED) is 0.0367. The van der Waals surface area contributed by atoms with Gasteiger partial charge in [-0.05, 0) is 146 Å². The van der Waals surface area contributed by atoms with Gasteiger partial charge in [-0.3, -0.25) is 24.0 Å². The molecule has 0 saturated carbocycles. The number of nitrogens with zero attached hydrogens (tertiary/aromatic N) is 1. The van der Waals surface area contributed by atoms with Gasteiger partial charge in [-0.2, -0.15) is 0 Å². The molecule has 21 heteroatoms. The van der Waals surface area contributed by atoms with Gasteiger partial charge in [0, 0.05) is 30.2 Å². The van der Waals surface area contributed by atoms with E-state index in [-0.39, 0.29) is 55.4 Å². The predicted octanol–water partition coefficient (Wildman–Crippen LogP) is 7.02. The van der Waals surface area contributed by atoms with Gasteiger partial charge in [-0.25, -0.2) is 14.4 Å². The number of benzene rings is 4. The first-order chi connectivity index (χ1) is 38.0. The van der Waals surface area contributed by atoms with E-state index in [0.29, 0.717) is 16.7 Å². The summed E-state index contributed by atoms with van der Waals surface area (Å²) in [5, 5.41) is 16.0. The van der Waals surface area contributed by atoms with E-state index in [2.05, 4.69) is 51.0 Å². The number of carbonyl (C=O) groups excluding carboxylic acids is 8. The summed E-state index contributed by atoms with van der Waals surface area (Å²) in [4.78, 5) is 110. The minimum atomic E-state index is -1.58. The van der Waals surface area contributed by atoms with Crippen LogP contribution in [0.2, 0.25) is 0 Å². The van der Waals surface area contributed by atoms with Crippen molar-refractivity contribution in [2.75, 3.05) is 39.9 Å². The molecule has 0 radical (unpaired) electrons. The van der Waals surface area contributed by atoms with E-state index >= 15 is 4.79 Å². The Labute approximate surface area is 474 Å². The number of alkyl carbamates (subject to hydrolysis) is 3. The molecule has 1 heterocycles. The maximum Gasteiger partial charge on any atom is 0.407 e. The second kappa shape index (κ2) is 28.2. The van der Waals surface area contributed by atoms with Gasteiger partial charge in [-0.15, -0.1) is 0 Å². The summed E-state index contributed by atoms with van der Waals surface area (Å²) >= 11 is 0. The molecule has 4 bridgehead atoms. The second-order valence-electron chi connectivity index (χ2n) is 22.7. The number of unbranched alkanes of at least 4 members (excludes halogenated alkanes) is 1. The Morgan fingerprint density at radius 2 is 1.17 bits per heavy atom. The van der Waals surface area contributed by atoms with E-state index in [4.69, 9.17) is 29.4 Å². The maximum atomic E-state index is 15.2. The molecular weight excluding hydrogens is 1040 g/mol. The molecule has 4 aromatic carbocycles. The third-order valence-electron chi connectivity index (χ3n) is 12.3. The third kappa shape index (κ3) is 20.0. The third-order valence-corrected chi connectivity index (χ3v) is 12.3. The number of hydrogen-bond acceptors (Lipinski definition) is 13. The van der Waals surface area contributed by atoms with Crippen LogP contribution >= 0.6 is 0 Å². The van der Waals surface area contributed by atoms with Gasteiger partial charge in [0.2, 0.25) is 23.6 Å². The normalized spacial score (nSPS) is 15.9. The number of fused-ring (bicyclic) bond motifs is 5. The minimum Gasteiger partial charge on any atom is -0.491 e. The summed E-state index contributed by atoms with van der Waals surface area (Å²) in [6, 6.07) is 19.0. The van der Waals surface area contributed by atoms with Crippen LogP contribution in [0.25, 0.3) is 22.3 Å². The smallest absolute Gasteiger partial charge is 0.407 e. The Morgan fingerprint density at radius 1 is 0.667 bits per heavy atom. The van der Waals surface area contributed by atoms with Crippen molar-refractivity contribution in [3.8, 4) is 33.8 Å². The van der Waals surface area contributed by atoms with Crippen LogP contribution < -0.4 is 47.1 Å². The Bertz CT molecular complexity index is 2870. The van der Waals surface area contributed by atoms with Crippen LogP contribution in [0.4, 0.5) is 14.4 Å². The van der Waals surface area contributed by atoms with Crippen molar-refractivity contribution in [1.82, 2.24) is 36.8 Å². The SMILES string of the molecule is CCCCc1ccc(-c2ccc(C(=O)N[C@@H](CNC(=O)OC(C)(C)C)C(=O)N(C)[C@@H]3C(=O)N[C@@H](C)C(=O)N[C@H](C(N)=O)Cc4ccc(OCCNC(=O)OC(C)(C)C)c(c4)-c4cc3ccc4OCCNC(=O)OC(C)(C)C)cc2)cc1. The number of aryl methyl sites for hydroxylation is 1. The van der Waals surface area contributed by atoms with E-state index in [9.17, 15) is 33.6 Å². The lowest BCUT2D eigenvalue weighted by atomic mass is 9.93. The van der Waals surface area contributed by atoms with Crippen LogP contribution in [-0.4, -0.2) is 128 Å². The van der Waals surface area contributed by atoms with E-state index in [1.807, 2.05) is 12.1 Å².